The van der Waals surface area contributed by atoms with Crippen molar-refractivity contribution < 1.29 is 9.32 Å². The molecule has 4 heterocycles. The van der Waals surface area contributed by atoms with E-state index in [2.05, 4.69) is 25.4 Å². The number of nitrogens with zero attached hydrogens (tertiary/aromatic N) is 5. The van der Waals surface area contributed by atoms with Crippen LogP contribution in [0.3, 0.4) is 0 Å². The van der Waals surface area contributed by atoms with Gasteiger partial charge in [0.1, 0.15) is 11.6 Å². The highest BCUT2D eigenvalue weighted by Gasteiger charge is 2.27. The minimum Gasteiger partial charge on any atom is -0.361 e. The van der Waals surface area contributed by atoms with E-state index in [9.17, 15) is 4.79 Å². The number of rotatable bonds is 5. The molecular formula is C22H26N6O2. The molecule has 1 aliphatic rings. The van der Waals surface area contributed by atoms with Crippen molar-refractivity contribution >= 4 is 17.7 Å². The smallest absolute Gasteiger partial charge is 0.228 e. The van der Waals surface area contributed by atoms with Crippen LogP contribution in [0, 0.1) is 20.8 Å². The SMILES string of the molecule is Cc1ccc(Nc2nccc([C@@H]3CCCN(C(=O)Cc4c(C)noc4C)C3)n2)nc1. The fraction of sp³-hybridized carbons (Fsp3) is 0.409. The summed E-state index contributed by atoms with van der Waals surface area (Å²) in [5.41, 5.74) is 3.71. The van der Waals surface area contributed by atoms with Crippen LogP contribution in [0.1, 0.15) is 47.0 Å². The Balaban J connectivity index is 1.44. The normalized spacial score (nSPS) is 16.5. The number of hydrogen-bond donors (Lipinski definition) is 1. The van der Waals surface area contributed by atoms with Gasteiger partial charge in [-0.05, 0) is 51.3 Å². The summed E-state index contributed by atoms with van der Waals surface area (Å²) in [4.78, 5) is 28.2. The van der Waals surface area contributed by atoms with Crippen LogP contribution < -0.4 is 5.32 Å². The summed E-state index contributed by atoms with van der Waals surface area (Å²) in [6.45, 7) is 7.13. The summed E-state index contributed by atoms with van der Waals surface area (Å²) in [5, 5.41) is 7.11. The molecule has 1 fully saturated rings. The Bertz CT molecular complexity index is 1010. The van der Waals surface area contributed by atoms with E-state index in [4.69, 9.17) is 4.52 Å². The molecule has 0 saturated carbocycles. The van der Waals surface area contributed by atoms with Crippen LogP contribution in [0.15, 0.2) is 35.1 Å². The van der Waals surface area contributed by atoms with Gasteiger partial charge < -0.3 is 14.7 Å². The number of amides is 1. The molecule has 0 bridgehead atoms. The number of carbonyl (C=O) groups excluding carboxylic acids is 1. The lowest BCUT2D eigenvalue weighted by atomic mass is 9.94. The van der Waals surface area contributed by atoms with E-state index in [0.717, 1.165) is 41.9 Å². The molecule has 8 heteroatoms. The van der Waals surface area contributed by atoms with Gasteiger partial charge >= 0.3 is 0 Å². The van der Waals surface area contributed by atoms with Crippen molar-refractivity contribution in [3.63, 3.8) is 0 Å². The van der Waals surface area contributed by atoms with E-state index in [1.54, 1.807) is 12.4 Å². The first kappa shape index (κ1) is 20.0. The number of piperidine rings is 1. The van der Waals surface area contributed by atoms with Crippen molar-refractivity contribution in [2.75, 3.05) is 18.4 Å². The predicted octanol–water partition coefficient (Wildman–Crippen LogP) is 3.48. The van der Waals surface area contributed by atoms with Crippen molar-refractivity contribution in [3.8, 4) is 0 Å². The number of nitrogens with one attached hydrogen (secondary N) is 1. The lowest BCUT2D eigenvalue weighted by Gasteiger charge is -2.32. The molecule has 1 aliphatic heterocycles. The van der Waals surface area contributed by atoms with Gasteiger partial charge in [-0.3, -0.25) is 4.79 Å². The summed E-state index contributed by atoms with van der Waals surface area (Å²) in [7, 11) is 0. The lowest BCUT2D eigenvalue weighted by Crippen LogP contribution is -2.40. The van der Waals surface area contributed by atoms with E-state index < -0.39 is 0 Å². The van der Waals surface area contributed by atoms with Gasteiger partial charge in [-0.2, -0.15) is 0 Å². The minimum absolute atomic E-state index is 0.102. The van der Waals surface area contributed by atoms with Crippen LogP contribution >= 0.6 is 0 Å². The van der Waals surface area contributed by atoms with Crippen molar-refractivity contribution in [2.45, 2.75) is 46.0 Å². The van der Waals surface area contributed by atoms with Crippen LogP contribution in [0.25, 0.3) is 0 Å². The van der Waals surface area contributed by atoms with Crippen LogP contribution in [-0.2, 0) is 11.2 Å². The monoisotopic (exact) mass is 406 g/mol. The summed E-state index contributed by atoms with van der Waals surface area (Å²) in [6, 6.07) is 5.82. The average Bonchev–Trinajstić information content (AvgIpc) is 3.08. The van der Waals surface area contributed by atoms with Gasteiger partial charge in [0.25, 0.3) is 0 Å². The van der Waals surface area contributed by atoms with Gasteiger partial charge in [0.05, 0.1) is 17.8 Å². The number of likely N-dealkylation sites (tertiary alicyclic amines) is 1. The molecule has 156 valence electrons. The van der Waals surface area contributed by atoms with Gasteiger partial charge in [-0.1, -0.05) is 11.2 Å². The molecule has 0 unspecified atom stereocenters. The quantitative estimate of drug-likeness (QED) is 0.693. The molecule has 0 spiro atoms. The van der Waals surface area contributed by atoms with Gasteiger partial charge in [0.2, 0.25) is 11.9 Å². The van der Waals surface area contributed by atoms with Gasteiger partial charge in [-0.15, -0.1) is 0 Å². The van der Waals surface area contributed by atoms with Crippen molar-refractivity contribution in [1.29, 1.82) is 0 Å². The topological polar surface area (TPSA) is 97.0 Å². The molecule has 0 aliphatic carbocycles. The van der Waals surface area contributed by atoms with Gasteiger partial charge in [0.15, 0.2) is 0 Å². The second kappa shape index (κ2) is 8.61. The molecule has 1 saturated heterocycles. The summed E-state index contributed by atoms with van der Waals surface area (Å²) < 4.78 is 5.19. The Morgan fingerprint density at radius 1 is 1.23 bits per heavy atom. The predicted molar refractivity (Wildman–Crippen MR) is 113 cm³/mol. The minimum atomic E-state index is 0.102. The fourth-order valence-electron chi connectivity index (χ4n) is 3.78. The number of anilines is 2. The molecule has 3 aromatic heterocycles. The molecule has 8 nitrogen and oxygen atoms in total. The first-order valence-electron chi connectivity index (χ1n) is 10.2. The number of carbonyl (C=O) groups is 1. The van der Waals surface area contributed by atoms with Gasteiger partial charge in [0, 0.05) is 37.0 Å². The third-order valence-electron chi connectivity index (χ3n) is 5.53. The second-order valence-electron chi connectivity index (χ2n) is 7.81. The summed E-state index contributed by atoms with van der Waals surface area (Å²) in [5.74, 6) is 2.22. The molecule has 3 aromatic rings. The highest BCUT2D eigenvalue weighted by molar-refractivity contribution is 5.79. The fourth-order valence-corrected chi connectivity index (χ4v) is 3.78. The van der Waals surface area contributed by atoms with Crippen LogP contribution in [0.2, 0.25) is 0 Å². The zero-order valence-corrected chi connectivity index (χ0v) is 17.6. The molecule has 0 aromatic carbocycles. The van der Waals surface area contributed by atoms with E-state index in [1.807, 2.05) is 43.9 Å². The Labute approximate surface area is 175 Å². The van der Waals surface area contributed by atoms with Crippen molar-refractivity contribution in [1.82, 2.24) is 25.0 Å². The number of aromatic nitrogens is 4. The first-order chi connectivity index (χ1) is 14.5. The summed E-state index contributed by atoms with van der Waals surface area (Å²) >= 11 is 0. The molecule has 0 radical (unpaired) electrons. The third-order valence-corrected chi connectivity index (χ3v) is 5.53. The van der Waals surface area contributed by atoms with E-state index >= 15 is 0 Å². The van der Waals surface area contributed by atoms with Gasteiger partial charge in [-0.25, -0.2) is 15.0 Å². The maximum Gasteiger partial charge on any atom is 0.228 e. The maximum atomic E-state index is 12.9. The number of pyridine rings is 1. The zero-order chi connectivity index (χ0) is 21.1. The summed E-state index contributed by atoms with van der Waals surface area (Å²) in [6.07, 6.45) is 5.82. The van der Waals surface area contributed by atoms with Crippen LogP contribution in [-0.4, -0.2) is 44.0 Å². The van der Waals surface area contributed by atoms with E-state index in [1.165, 1.54) is 0 Å². The van der Waals surface area contributed by atoms with Crippen molar-refractivity contribution in [2.24, 2.45) is 0 Å². The van der Waals surface area contributed by atoms with E-state index in [0.29, 0.717) is 30.5 Å². The maximum absolute atomic E-state index is 12.9. The van der Waals surface area contributed by atoms with Crippen LogP contribution in [0.5, 0.6) is 0 Å². The zero-order valence-electron chi connectivity index (χ0n) is 17.6. The number of hydrogen-bond acceptors (Lipinski definition) is 7. The third kappa shape index (κ3) is 4.48. The van der Waals surface area contributed by atoms with E-state index in [-0.39, 0.29) is 11.8 Å². The largest absolute Gasteiger partial charge is 0.361 e. The highest BCUT2D eigenvalue weighted by atomic mass is 16.5. The average molecular weight is 406 g/mol. The molecule has 30 heavy (non-hydrogen) atoms. The molecule has 1 atom stereocenters. The highest BCUT2D eigenvalue weighted by Crippen LogP contribution is 2.27. The first-order valence-corrected chi connectivity index (χ1v) is 10.2. The Hall–Kier alpha value is -3.29. The lowest BCUT2D eigenvalue weighted by molar-refractivity contribution is -0.131. The Morgan fingerprint density at radius 3 is 2.83 bits per heavy atom. The molecule has 1 N–H and O–H groups in total. The molecule has 4 rings (SSSR count). The number of aryl methyl sites for hydroxylation is 3. The molecular weight excluding hydrogens is 380 g/mol. The van der Waals surface area contributed by atoms with Crippen LogP contribution in [0.4, 0.5) is 11.8 Å². The van der Waals surface area contributed by atoms with Crippen molar-refractivity contribution in [3.05, 3.63) is 58.9 Å². The Morgan fingerprint density at radius 2 is 2.10 bits per heavy atom. The Kier molecular flexibility index (Phi) is 5.74. The second-order valence-corrected chi connectivity index (χ2v) is 7.81. The standard InChI is InChI=1S/C22H26N6O2/c1-14-6-7-20(24-12-14)26-22-23-9-8-19(25-22)17-5-4-10-28(13-17)21(29)11-18-15(2)27-30-16(18)3/h6-9,12,17H,4-5,10-11,13H2,1-3H3,(H,23,24,25,26)/t17-/m1/s1. The molecule has 1 amide bonds.